The van der Waals surface area contributed by atoms with Gasteiger partial charge in [0.15, 0.2) is 11.5 Å². The van der Waals surface area contributed by atoms with Gasteiger partial charge in [-0.05, 0) is 35.2 Å². The summed E-state index contributed by atoms with van der Waals surface area (Å²) in [6.07, 6.45) is 0.705. The lowest BCUT2D eigenvalue weighted by atomic mass is 10.1. The zero-order chi connectivity index (χ0) is 21.2. The SMILES string of the molecule is COc1ccc(CCNC(=O)N(Cc2ccccc2)Cc2ccccc2)cc1OC. The van der Waals surface area contributed by atoms with Crippen molar-refractivity contribution in [3.8, 4) is 11.5 Å². The van der Waals surface area contributed by atoms with Crippen molar-refractivity contribution < 1.29 is 14.3 Å². The van der Waals surface area contributed by atoms with Gasteiger partial charge < -0.3 is 19.7 Å². The van der Waals surface area contributed by atoms with Crippen molar-refractivity contribution in [1.82, 2.24) is 10.2 Å². The van der Waals surface area contributed by atoms with Crippen molar-refractivity contribution in [2.24, 2.45) is 0 Å². The monoisotopic (exact) mass is 404 g/mol. The van der Waals surface area contributed by atoms with Crippen LogP contribution in [0.3, 0.4) is 0 Å². The van der Waals surface area contributed by atoms with Gasteiger partial charge in [0.05, 0.1) is 14.2 Å². The number of hydrogen-bond donors (Lipinski definition) is 1. The van der Waals surface area contributed by atoms with Gasteiger partial charge >= 0.3 is 6.03 Å². The number of nitrogens with zero attached hydrogens (tertiary/aromatic N) is 1. The van der Waals surface area contributed by atoms with E-state index in [0.717, 1.165) is 16.7 Å². The molecule has 0 aromatic heterocycles. The molecule has 5 heteroatoms. The zero-order valence-electron chi connectivity index (χ0n) is 17.5. The van der Waals surface area contributed by atoms with Crippen LogP contribution in [-0.4, -0.2) is 31.7 Å². The van der Waals surface area contributed by atoms with E-state index in [0.29, 0.717) is 37.6 Å². The summed E-state index contributed by atoms with van der Waals surface area (Å²) >= 11 is 0. The van der Waals surface area contributed by atoms with Crippen LogP contribution in [0, 0.1) is 0 Å². The zero-order valence-corrected chi connectivity index (χ0v) is 17.5. The third-order valence-electron chi connectivity index (χ3n) is 4.86. The quantitative estimate of drug-likeness (QED) is 0.564. The van der Waals surface area contributed by atoms with Gasteiger partial charge in [-0.3, -0.25) is 0 Å². The van der Waals surface area contributed by atoms with Crippen molar-refractivity contribution in [1.29, 1.82) is 0 Å². The van der Waals surface area contributed by atoms with Crippen molar-refractivity contribution in [3.05, 3.63) is 95.6 Å². The summed E-state index contributed by atoms with van der Waals surface area (Å²) in [4.78, 5) is 14.8. The number of hydrogen-bond acceptors (Lipinski definition) is 3. The number of ether oxygens (including phenoxy) is 2. The maximum absolute atomic E-state index is 12.9. The van der Waals surface area contributed by atoms with E-state index in [4.69, 9.17) is 9.47 Å². The standard InChI is InChI=1S/C25H28N2O3/c1-29-23-14-13-20(17-24(23)30-2)15-16-26-25(28)27(18-21-9-5-3-6-10-21)19-22-11-7-4-8-12-22/h3-14,17H,15-16,18-19H2,1-2H3,(H,26,28). The largest absolute Gasteiger partial charge is 0.493 e. The Labute approximate surface area is 178 Å². The minimum absolute atomic E-state index is 0.0804. The first-order valence-corrected chi connectivity index (χ1v) is 10.0. The van der Waals surface area contributed by atoms with Gasteiger partial charge in [-0.15, -0.1) is 0 Å². The van der Waals surface area contributed by atoms with E-state index in [2.05, 4.69) is 5.32 Å². The first-order chi connectivity index (χ1) is 14.7. The Bertz CT molecular complexity index is 888. The number of carbonyl (C=O) groups excluding carboxylic acids is 1. The maximum atomic E-state index is 12.9. The van der Waals surface area contributed by atoms with Crippen LogP contribution >= 0.6 is 0 Å². The van der Waals surface area contributed by atoms with Crippen LogP contribution in [0.2, 0.25) is 0 Å². The number of urea groups is 1. The molecule has 0 atom stereocenters. The van der Waals surface area contributed by atoms with Gasteiger partial charge in [-0.2, -0.15) is 0 Å². The molecule has 0 aliphatic carbocycles. The van der Waals surface area contributed by atoms with Gasteiger partial charge in [0.1, 0.15) is 0 Å². The summed E-state index contributed by atoms with van der Waals surface area (Å²) < 4.78 is 10.6. The van der Waals surface area contributed by atoms with E-state index < -0.39 is 0 Å². The summed E-state index contributed by atoms with van der Waals surface area (Å²) in [7, 11) is 3.24. The summed E-state index contributed by atoms with van der Waals surface area (Å²) in [5, 5.41) is 3.05. The first-order valence-electron chi connectivity index (χ1n) is 10.0. The molecule has 3 aromatic rings. The molecule has 2 amide bonds. The van der Waals surface area contributed by atoms with Crippen LogP contribution in [0.5, 0.6) is 11.5 Å². The number of rotatable bonds is 9. The molecule has 1 N–H and O–H groups in total. The average Bonchev–Trinajstić information content (AvgIpc) is 2.79. The topological polar surface area (TPSA) is 50.8 Å². The minimum atomic E-state index is -0.0804. The molecule has 30 heavy (non-hydrogen) atoms. The molecule has 0 bridgehead atoms. The molecule has 0 aliphatic heterocycles. The van der Waals surface area contributed by atoms with Crippen molar-refractivity contribution in [2.45, 2.75) is 19.5 Å². The highest BCUT2D eigenvalue weighted by Gasteiger charge is 2.14. The lowest BCUT2D eigenvalue weighted by molar-refractivity contribution is 0.192. The molecule has 5 nitrogen and oxygen atoms in total. The van der Waals surface area contributed by atoms with Gasteiger partial charge in [-0.1, -0.05) is 66.7 Å². The molecule has 3 rings (SSSR count). The fraction of sp³-hybridized carbons (Fsp3) is 0.240. The smallest absolute Gasteiger partial charge is 0.318 e. The normalized spacial score (nSPS) is 10.3. The van der Waals surface area contributed by atoms with Crippen molar-refractivity contribution >= 4 is 6.03 Å². The average molecular weight is 405 g/mol. The summed E-state index contributed by atoms with van der Waals surface area (Å²) in [6, 6.07) is 25.8. The second-order valence-electron chi connectivity index (χ2n) is 7.00. The number of amides is 2. The lowest BCUT2D eigenvalue weighted by Gasteiger charge is -2.23. The number of nitrogens with one attached hydrogen (secondary N) is 1. The fourth-order valence-electron chi connectivity index (χ4n) is 3.27. The lowest BCUT2D eigenvalue weighted by Crippen LogP contribution is -2.40. The maximum Gasteiger partial charge on any atom is 0.318 e. The molecular formula is C25H28N2O3. The molecule has 0 unspecified atom stereocenters. The molecule has 0 aliphatic rings. The molecular weight excluding hydrogens is 376 g/mol. The summed E-state index contributed by atoms with van der Waals surface area (Å²) in [5.74, 6) is 1.39. The molecule has 0 saturated heterocycles. The predicted octanol–water partition coefficient (Wildman–Crippen LogP) is 4.66. The van der Waals surface area contributed by atoms with E-state index in [-0.39, 0.29) is 6.03 Å². The Kier molecular flexibility index (Phi) is 7.72. The van der Waals surface area contributed by atoms with E-state index in [9.17, 15) is 4.79 Å². The van der Waals surface area contributed by atoms with Crippen LogP contribution in [-0.2, 0) is 19.5 Å². The Balaban J connectivity index is 1.62. The molecule has 0 spiro atoms. The van der Waals surface area contributed by atoms with E-state index in [1.54, 1.807) is 14.2 Å². The Morgan fingerprint density at radius 1 is 0.767 bits per heavy atom. The molecule has 0 fully saturated rings. The Morgan fingerprint density at radius 3 is 1.87 bits per heavy atom. The number of benzene rings is 3. The third kappa shape index (κ3) is 6.01. The highest BCUT2D eigenvalue weighted by Crippen LogP contribution is 2.27. The number of methoxy groups -OCH3 is 2. The minimum Gasteiger partial charge on any atom is -0.493 e. The second-order valence-corrected chi connectivity index (χ2v) is 7.00. The predicted molar refractivity (Wildman–Crippen MR) is 119 cm³/mol. The van der Waals surface area contributed by atoms with Gasteiger partial charge in [0.2, 0.25) is 0 Å². The van der Waals surface area contributed by atoms with Crippen LogP contribution in [0.15, 0.2) is 78.9 Å². The van der Waals surface area contributed by atoms with E-state index in [1.165, 1.54) is 0 Å². The number of carbonyl (C=O) groups is 1. The van der Waals surface area contributed by atoms with Crippen LogP contribution in [0.25, 0.3) is 0 Å². The van der Waals surface area contributed by atoms with Gasteiger partial charge in [0.25, 0.3) is 0 Å². The van der Waals surface area contributed by atoms with Gasteiger partial charge in [0, 0.05) is 19.6 Å². The third-order valence-corrected chi connectivity index (χ3v) is 4.86. The Hall–Kier alpha value is -3.47. The van der Waals surface area contributed by atoms with E-state index in [1.807, 2.05) is 83.8 Å². The molecule has 0 radical (unpaired) electrons. The molecule has 156 valence electrons. The first kappa shape index (κ1) is 21.2. The van der Waals surface area contributed by atoms with E-state index >= 15 is 0 Å². The summed E-state index contributed by atoms with van der Waals surface area (Å²) in [6.45, 7) is 1.64. The highest BCUT2D eigenvalue weighted by atomic mass is 16.5. The van der Waals surface area contributed by atoms with Crippen molar-refractivity contribution in [2.75, 3.05) is 20.8 Å². The Morgan fingerprint density at radius 2 is 1.33 bits per heavy atom. The van der Waals surface area contributed by atoms with Crippen molar-refractivity contribution in [3.63, 3.8) is 0 Å². The molecule has 0 heterocycles. The van der Waals surface area contributed by atoms with Crippen LogP contribution in [0.1, 0.15) is 16.7 Å². The summed E-state index contributed by atoms with van der Waals surface area (Å²) in [5.41, 5.74) is 3.28. The van der Waals surface area contributed by atoms with Gasteiger partial charge in [-0.25, -0.2) is 4.79 Å². The molecule has 3 aromatic carbocycles. The second kappa shape index (κ2) is 10.9. The fourth-order valence-corrected chi connectivity index (χ4v) is 3.27. The molecule has 0 saturated carbocycles. The van der Waals surface area contributed by atoms with Crippen LogP contribution < -0.4 is 14.8 Å². The highest BCUT2D eigenvalue weighted by molar-refractivity contribution is 5.74. The van der Waals surface area contributed by atoms with Crippen LogP contribution in [0.4, 0.5) is 4.79 Å².